The molecule has 1 aliphatic rings. The lowest BCUT2D eigenvalue weighted by Crippen LogP contribution is -2.56. The number of nitrogens with one attached hydrogen (secondary N) is 1. The maximum Gasteiger partial charge on any atom is 0.329 e. The highest BCUT2D eigenvalue weighted by molar-refractivity contribution is 5.89. The fraction of sp³-hybridized carbons (Fsp3) is 0.382. The molecule has 0 radical (unpaired) electrons. The van der Waals surface area contributed by atoms with Crippen molar-refractivity contribution in [1.82, 2.24) is 10.2 Å². The first kappa shape index (κ1) is 31.6. The van der Waals surface area contributed by atoms with E-state index in [0.29, 0.717) is 24.3 Å². The molecule has 1 heterocycles. The fourth-order valence-electron chi connectivity index (χ4n) is 5.27. The third kappa shape index (κ3) is 8.14. The Hall–Kier alpha value is -4.37. The summed E-state index contributed by atoms with van der Waals surface area (Å²) in [4.78, 5) is 41.9. The highest BCUT2D eigenvalue weighted by atomic mass is 16.5. The Bertz CT molecular complexity index is 1380. The molecule has 228 valence electrons. The van der Waals surface area contributed by atoms with Gasteiger partial charge in [0.2, 0.25) is 5.91 Å². The number of benzene rings is 3. The Labute approximate surface area is 253 Å². The van der Waals surface area contributed by atoms with Crippen molar-refractivity contribution >= 4 is 17.8 Å². The van der Waals surface area contributed by atoms with Gasteiger partial charge in [-0.15, -0.1) is 0 Å². The highest BCUT2D eigenvalue weighted by Gasteiger charge is 2.39. The lowest BCUT2D eigenvalue weighted by molar-refractivity contribution is -0.158. The van der Waals surface area contributed by atoms with E-state index in [0.717, 1.165) is 22.3 Å². The Morgan fingerprint density at radius 3 is 2.09 bits per heavy atom. The van der Waals surface area contributed by atoms with Gasteiger partial charge in [0.15, 0.2) is 11.5 Å². The van der Waals surface area contributed by atoms with Crippen LogP contribution in [0.25, 0.3) is 0 Å². The van der Waals surface area contributed by atoms with Crippen LogP contribution in [0.1, 0.15) is 42.5 Å². The van der Waals surface area contributed by atoms with E-state index in [1.165, 1.54) is 4.90 Å². The topological polar surface area (TPSA) is 103 Å². The van der Waals surface area contributed by atoms with Crippen molar-refractivity contribution in [1.29, 1.82) is 0 Å². The summed E-state index contributed by atoms with van der Waals surface area (Å²) in [7, 11) is 3.11. The van der Waals surface area contributed by atoms with Crippen molar-refractivity contribution in [2.75, 3.05) is 20.8 Å². The second-order valence-corrected chi connectivity index (χ2v) is 10.5. The predicted octanol–water partition coefficient (Wildman–Crippen LogP) is 4.24. The molecule has 3 aromatic rings. The average molecular weight is 589 g/mol. The van der Waals surface area contributed by atoms with Crippen LogP contribution in [0.5, 0.6) is 11.5 Å². The molecule has 0 saturated carbocycles. The van der Waals surface area contributed by atoms with E-state index in [1.54, 1.807) is 28.1 Å². The third-order valence-electron chi connectivity index (χ3n) is 7.57. The SMILES string of the molecule is CCOC(=O)[C@H](CCc1ccccc1)N[C@H](C)C(=O)N1Cc2cc(OC)c(OC)cc2C[C@@H]1C(=O)OCc1ccccc1. The van der Waals surface area contributed by atoms with Crippen LogP contribution in [0.15, 0.2) is 72.8 Å². The number of carbonyl (C=O) groups excluding carboxylic acids is 3. The number of ether oxygens (including phenoxy) is 4. The summed E-state index contributed by atoms with van der Waals surface area (Å²) >= 11 is 0. The maximum atomic E-state index is 14.0. The first-order chi connectivity index (χ1) is 20.8. The number of rotatable bonds is 13. The molecule has 0 unspecified atom stereocenters. The van der Waals surface area contributed by atoms with Crippen molar-refractivity contribution < 1.29 is 33.3 Å². The summed E-state index contributed by atoms with van der Waals surface area (Å²) in [5.74, 6) is -0.166. The van der Waals surface area contributed by atoms with Gasteiger partial charge in [0.25, 0.3) is 0 Å². The number of hydrogen-bond donors (Lipinski definition) is 1. The lowest BCUT2D eigenvalue weighted by Gasteiger charge is -2.37. The average Bonchev–Trinajstić information content (AvgIpc) is 3.04. The standard InChI is InChI=1S/C34H40N2O7/c1-5-42-33(38)28(17-16-24-12-8-6-9-13-24)35-23(2)32(37)36-21-27-20-31(41-4)30(40-3)19-26(27)18-29(36)34(39)43-22-25-14-10-7-11-15-25/h6-15,19-20,23,28-29,35H,5,16-18,21-22H2,1-4H3/t23-,28+,29-/m1/s1. The predicted molar refractivity (Wildman–Crippen MR) is 162 cm³/mol. The van der Waals surface area contributed by atoms with Crippen molar-refractivity contribution in [2.24, 2.45) is 0 Å². The van der Waals surface area contributed by atoms with Gasteiger partial charge < -0.3 is 23.8 Å². The lowest BCUT2D eigenvalue weighted by atomic mass is 9.92. The number of hydrogen-bond acceptors (Lipinski definition) is 8. The van der Waals surface area contributed by atoms with Gasteiger partial charge in [-0.2, -0.15) is 0 Å². The molecule has 0 fully saturated rings. The Morgan fingerprint density at radius 2 is 1.49 bits per heavy atom. The van der Waals surface area contributed by atoms with E-state index in [4.69, 9.17) is 18.9 Å². The molecule has 1 amide bonds. The Kier molecular flexibility index (Phi) is 11.2. The molecule has 4 rings (SSSR count). The summed E-state index contributed by atoms with van der Waals surface area (Å²) in [6.45, 7) is 3.94. The largest absolute Gasteiger partial charge is 0.493 e. The second kappa shape index (κ2) is 15.2. The zero-order chi connectivity index (χ0) is 30.8. The third-order valence-corrected chi connectivity index (χ3v) is 7.57. The zero-order valence-corrected chi connectivity index (χ0v) is 25.2. The summed E-state index contributed by atoms with van der Waals surface area (Å²) in [5.41, 5.74) is 3.64. The molecule has 0 saturated heterocycles. The van der Waals surface area contributed by atoms with Crippen LogP contribution in [0, 0.1) is 0 Å². The molecule has 1 N–H and O–H groups in total. The summed E-state index contributed by atoms with van der Waals surface area (Å²) < 4.78 is 22.0. The molecule has 0 bridgehead atoms. The fourth-order valence-corrected chi connectivity index (χ4v) is 5.27. The van der Waals surface area contributed by atoms with Crippen LogP contribution >= 0.6 is 0 Å². The number of amides is 1. The van der Waals surface area contributed by atoms with E-state index in [1.807, 2.05) is 72.8 Å². The molecule has 3 atom stereocenters. The smallest absolute Gasteiger partial charge is 0.329 e. The van der Waals surface area contributed by atoms with Crippen LogP contribution in [0.3, 0.4) is 0 Å². The highest BCUT2D eigenvalue weighted by Crippen LogP contribution is 2.35. The number of aryl methyl sites for hydroxylation is 1. The van der Waals surface area contributed by atoms with E-state index in [2.05, 4.69) is 5.32 Å². The Morgan fingerprint density at radius 1 is 0.884 bits per heavy atom. The Balaban J connectivity index is 1.56. The molecule has 0 aromatic heterocycles. The first-order valence-electron chi connectivity index (χ1n) is 14.6. The molecule has 9 heteroatoms. The van der Waals surface area contributed by atoms with Crippen LogP contribution in [-0.4, -0.2) is 61.7 Å². The second-order valence-electron chi connectivity index (χ2n) is 10.5. The van der Waals surface area contributed by atoms with Gasteiger partial charge in [0.05, 0.1) is 26.9 Å². The number of methoxy groups -OCH3 is 2. The van der Waals surface area contributed by atoms with Gasteiger partial charge in [0, 0.05) is 13.0 Å². The maximum absolute atomic E-state index is 14.0. The minimum atomic E-state index is -0.864. The van der Waals surface area contributed by atoms with E-state index < -0.39 is 30.1 Å². The van der Waals surface area contributed by atoms with E-state index in [9.17, 15) is 14.4 Å². The van der Waals surface area contributed by atoms with Gasteiger partial charge in [0.1, 0.15) is 18.7 Å². The van der Waals surface area contributed by atoms with E-state index in [-0.39, 0.29) is 32.1 Å². The molecule has 1 aliphatic heterocycles. The molecular weight excluding hydrogens is 548 g/mol. The van der Waals surface area contributed by atoms with Crippen LogP contribution in [0.4, 0.5) is 0 Å². The van der Waals surface area contributed by atoms with Gasteiger partial charge in [-0.05, 0) is 61.1 Å². The van der Waals surface area contributed by atoms with Gasteiger partial charge in [-0.1, -0.05) is 60.7 Å². The van der Waals surface area contributed by atoms with Crippen LogP contribution in [-0.2, 0) is 49.9 Å². The quantitative estimate of drug-likeness (QED) is 0.296. The monoisotopic (exact) mass is 588 g/mol. The number of fused-ring (bicyclic) bond motifs is 1. The molecule has 43 heavy (non-hydrogen) atoms. The van der Waals surface area contributed by atoms with E-state index >= 15 is 0 Å². The molecule has 0 aliphatic carbocycles. The number of esters is 2. The summed E-state index contributed by atoms with van der Waals surface area (Å²) in [5, 5.41) is 3.19. The van der Waals surface area contributed by atoms with Crippen LogP contribution in [0.2, 0.25) is 0 Å². The minimum absolute atomic E-state index is 0.0925. The molecule has 0 spiro atoms. The molecular formula is C34H40N2O7. The molecule has 3 aromatic carbocycles. The number of nitrogens with zero attached hydrogens (tertiary/aromatic N) is 1. The summed E-state index contributed by atoms with van der Waals surface area (Å²) in [6.07, 6.45) is 1.32. The van der Waals surface area contributed by atoms with Crippen molar-refractivity contribution in [3.8, 4) is 11.5 Å². The van der Waals surface area contributed by atoms with Crippen molar-refractivity contribution in [2.45, 2.75) is 64.4 Å². The van der Waals surface area contributed by atoms with Gasteiger partial charge in [-0.3, -0.25) is 14.9 Å². The first-order valence-corrected chi connectivity index (χ1v) is 14.6. The molecule has 9 nitrogen and oxygen atoms in total. The van der Waals surface area contributed by atoms with Crippen molar-refractivity contribution in [3.05, 3.63) is 95.1 Å². The van der Waals surface area contributed by atoms with Gasteiger partial charge >= 0.3 is 11.9 Å². The minimum Gasteiger partial charge on any atom is -0.493 e. The number of carbonyl (C=O) groups is 3. The van der Waals surface area contributed by atoms with Crippen molar-refractivity contribution in [3.63, 3.8) is 0 Å². The normalized spacial score (nSPS) is 15.5. The summed E-state index contributed by atoms with van der Waals surface area (Å²) in [6, 6.07) is 20.5. The zero-order valence-electron chi connectivity index (χ0n) is 25.2. The van der Waals surface area contributed by atoms with Crippen LogP contribution < -0.4 is 14.8 Å². The van der Waals surface area contributed by atoms with Gasteiger partial charge in [-0.25, -0.2) is 4.79 Å².